The van der Waals surface area contributed by atoms with Gasteiger partial charge in [-0.25, -0.2) is 8.42 Å². The van der Waals surface area contributed by atoms with Gasteiger partial charge in [0.15, 0.2) is 0 Å². The van der Waals surface area contributed by atoms with Gasteiger partial charge in [0.05, 0.1) is 12.7 Å². The van der Waals surface area contributed by atoms with Gasteiger partial charge in [-0.15, -0.1) is 11.3 Å². The summed E-state index contributed by atoms with van der Waals surface area (Å²) in [6.07, 6.45) is 0.956. The van der Waals surface area contributed by atoms with Crippen LogP contribution in [0.3, 0.4) is 0 Å². The number of thiophene rings is 1. The molecule has 0 aromatic carbocycles. The van der Waals surface area contributed by atoms with Gasteiger partial charge in [-0.3, -0.25) is 0 Å². The molecule has 0 saturated carbocycles. The first-order chi connectivity index (χ1) is 9.37. The Morgan fingerprint density at radius 3 is 2.70 bits per heavy atom. The van der Waals surface area contributed by atoms with Crippen LogP contribution < -0.4 is 5.32 Å². The zero-order valence-electron chi connectivity index (χ0n) is 12.5. The molecule has 0 radical (unpaired) electrons. The van der Waals surface area contributed by atoms with E-state index in [1.807, 2.05) is 27.0 Å². The molecule has 0 spiro atoms. The van der Waals surface area contributed by atoms with E-state index in [0.29, 0.717) is 17.4 Å². The molecule has 0 aliphatic rings. The fourth-order valence-electron chi connectivity index (χ4n) is 1.57. The van der Waals surface area contributed by atoms with Crippen LogP contribution in [0.2, 0.25) is 0 Å². The summed E-state index contributed by atoms with van der Waals surface area (Å²) in [6.45, 7) is 5.48. The number of rotatable bonds is 9. The highest BCUT2D eigenvalue weighted by atomic mass is 32.2. The first-order valence-electron chi connectivity index (χ1n) is 6.69. The number of sulfonamides is 1. The summed E-state index contributed by atoms with van der Waals surface area (Å²) in [4.78, 5) is 1.07. The smallest absolute Gasteiger partial charge is 0.252 e. The molecular weight excluding hydrogens is 296 g/mol. The second-order valence-corrected chi connectivity index (χ2v) is 8.26. The van der Waals surface area contributed by atoms with Crippen LogP contribution in [0, 0.1) is 0 Å². The van der Waals surface area contributed by atoms with Gasteiger partial charge in [-0.1, -0.05) is 0 Å². The lowest BCUT2D eigenvalue weighted by Crippen LogP contribution is -2.30. The SMILES string of the molecule is CNCCc1ccc(S(=O)(=O)N(C)CCOC(C)C)s1. The maximum atomic E-state index is 12.4. The standard InChI is InChI=1S/C13H24N2O3S2/c1-11(2)18-10-9-15(4)20(16,17)13-6-5-12(19-13)7-8-14-3/h5-6,11,14H,7-10H2,1-4H3. The fourth-order valence-corrected chi connectivity index (χ4v) is 4.29. The molecule has 1 N–H and O–H groups in total. The van der Waals surface area contributed by atoms with Gasteiger partial charge in [0.25, 0.3) is 10.0 Å². The second-order valence-electron chi connectivity index (χ2n) is 4.82. The molecule has 0 bridgehead atoms. The van der Waals surface area contributed by atoms with Crippen LogP contribution in [0.15, 0.2) is 16.3 Å². The van der Waals surface area contributed by atoms with E-state index in [0.717, 1.165) is 17.8 Å². The summed E-state index contributed by atoms with van der Waals surface area (Å²) < 4.78 is 31.9. The molecule has 0 atom stereocenters. The monoisotopic (exact) mass is 320 g/mol. The third-order valence-electron chi connectivity index (χ3n) is 2.78. The van der Waals surface area contributed by atoms with Crippen molar-refractivity contribution < 1.29 is 13.2 Å². The highest BCUT2D eigenvalue weighted by Gasteiger charge is 2.22. The molecule has 0 aliphatic heterocycles. The summed E-state index contributed by atoms with van der Waals surface area (Å²) in [5.41, 5.74) is 0. The van der Waals surface area contributed by atoms with E-state index in [-0.39, 0.29) is 6.10 Å². The molecule has 7 heteroatoms. The topological polar surface area (TPSA) is 58.6 Å². The van der Waals surface area contributed by atoms with Crippen molar-refractivity contribution in [2.24, 2.45) is 0 Å². The van der Waals surface area contributed by atoms with Gasteiger partial charge in [0, 0.05) is 18.5 Å². The van der Waals surface area contributed by atoms with E-state index in [1.54, 1.807) is 13.1 Å². The van der Waals surface area contributed by atoms with Crippen molar-refractivity contribution in [3.8, 4) is 0 Å². The molecule has 1 rings (SSSR count). The highest BCUT2D eigenvalue weighted by molar-refractivity contribution is 7.91. The zero-order valence-corrected chi connectivity index (χ0v) is 14.2. The molecule has 1 aromatic heterocycles. The average molecular weight is 320 g/mol. The van der Waals surface area contributed by atoms with Crippen molar-refractivity contribution in [3.63, 3.8) is 0 Å². The number of nitrogens with zero attached hydrogens (tertiary/aromatic N) is 1. The molecule has 1 aromatic rings. The van der Waals surface area contributed by atoms with E-state index < -0.39 is 10.0 Å². The Bertz CT molecular complexity index is 497. The number of hydrogen-bond donors (Lipinski definition) is 1. The normalized spacial score (nSPS) is 12.5. The van der Waals surface area contributed by atoms with E-state index in [9.17, 15) is 8.42 Å². The molecule has 5 nitrogen and oxygen atoms in total. The Morgan fingerprint density at radius 1 is 1.40 bits per heavy atom. The van der Waals surface area contributed by atoms with Crippen LogP contribution in [-0.4, -0.2) is 52.6 Å². The first kappa shape index (κ1) is 17.6. The van der Waals surface area contributed by atoms with Crippen molar-refractivity contribution in [2.75, 3.05) is 33.8 Å². The number of hydrogen-bond acceptors (Lipinski definition) is 5. The van der Waals surface area contributed by atoms with Crippen molar-refractivity contribution in [2.45, 2.75) is 30.6 Å². The second kappa shape index (κ2) is 8.09. The minimum Gasteiger partial charge on any atom is -0.377 e. The third kappa shape index (κ3) is 5.14. The number of nitrogens with one attached hydrogen (secondary N) is 1. The first-order valence-corrected chi connectivity index (χ1v) is 8.95. The van der Waals surface area contributed by atoms with E-state index >= 15 is 0 Å². The van der Waals surface area contributed by atoms with Gasteiger partial charge in [-0.2, -0.15) is 4.31 Å². The van der Waals surface area contributed by atoms with Crippen LogP contribution in [0.1, 0.15) is 18.7 Å². The van der Waals surface area contributed by atoms with E-state index in [1.165, 1.54) is 15.6 Å². The Hall–Kier alpha value is -0.470. The van der Waals surface area contributed by atoms with Crippen LogP contribution in [-0.2, 0) is 21.2 Å². The lowest BCUT2D eigenvalue weighted by molar-refractivity contribution is 0.0737. The summed E-state index contributed by atoms with van der Waals surface area (Å²) >= 11 is 1.34. The molecule has 0 saturated heterocycles. The van der Waals surface area contributed by atoms with Gasteiger partial charge >= 0.3 is 0 Å². The lowest BCUT2D eigenvalue weighted by atomic mass is 10.3. The van der Waals surface area contributed by atoms with Crippen LogP contribution in [0.4, 0.5) is 0 Å². The van der Waals surface area contributed by atoms with Crippen LogP contribution in [0.25, 0.3) is 0 Å². The Labute approximate surface area is 126 Å². The van der Waals surface area contributed by atoms with Crippen LogP contribution in [0.5, 0.6) is 0 Å². The minimum absolute atomic E-state index is 0.112. The molecule has 1 heterocycles. The van der Waals surface area contributed by atoms with Gasteiger partial charge in [-0.05, 0) is 46.0 Å². The average Bonchev–Trinajstić information content (AvgIpc) is 2.85. The molecule has 0 amide bonds. The van der Waals surface area contributed by atoms with Gasteiger partial charge in [0.1, 0.15) is 4.21 Å². The summed E-state index contributed by atoms with van der Waals surface area (Å²) in [5.74, 6) is 0. The predicted octanol–water partition coefficient (Wildman–Crippen LogP) is 1.56. The molecule has 0 unspecified atom stereocenters. The summed E-state index contributed by atoms with van der Waals surface area (Å²) in [6, 6.07) is 3.57. The zero-order chi connectivity index (χ0) is 15.2. The highest BCUT2D eigenvalue weighted by Crippen LogP contribution is 2.24. The van der Waals surface area contributed by atoms with Crippen molar-refractivity contribution >= 4 is 21.4 Å². The molecular formula is C13H24N2O3S2. The number of likely N-dealkylation sites (N-methyl/N-ethyl adjacent to an activating group) is 2. The van der Waals surface area contributed by atoms with Gasteiger partial charge in [0.2, 0.25) is 0 Å². The van der Waals surface area contributed by atoms with Crippen LogP contribution >= 0.6 is 11.3 Å². The molecule has 0 fully saturated rings. The predicted molar refractivity (Wildman–Crippen MR) is 82.9 cm³/mol. The van der Waals surface area contributed by atoms with Gasteiger partial charge < -0.3 is 10.1 Å². The molecule has 116 valence electrons. The largest absolute Gasteiger partial charge is 0.377 e. The Morgan fingerprint density at radius 2 is 2.10 bits per heavy atom. The van der Waals surface area contributed by atoms with E-state index in [2.05, 4.69) is 5.32 Å². The summed E-state index contributed by atoms with van der Waals surface area (Å²) in [7, 11) is 0.0823. The number of ether oxygens (including phenoxy) is 1. The quantitative estimate of drug-likeness (QED) is 0.750. The maximum absolute atomic E-state index is 12.4. The molecule has 0 aliphatic carbocycles. The van der Waals surface area contributed by atoms with Crippen molar-refractivity contribution in [1.82, 2.24) is 9.62 Å². The fraction of sp³-hybridized carbons (Fsp3) is 0.692. The minimum atomic E-state index is -3.39. The lowest BCUT2D eigenvalue weighted by Gasteiger charge is -2.16. The van der Waals surface area contributed by atoms with Crippen molar-refractivity contribution in [3.05, 3.63) is 17.0 Å². The summed E-state index contributed by atoms with van der Waals surface area (Å²) in [5, 5.41) is 3.06. The van der Waals surface area contributed by atoms with E-state index in [4.69, 9.17) is 4.74 Å². The van der Waals surface area contributed by atoms with Crippen molar-refractivity contribution in [1.29, 1.82) is 0 Å². The Kier molecular flexibility index (Phi) is 7.11. The Balaban J connectivity index is 2.64. The third-order valence-corrected chi connectivity index (χ3v) is 6.25. The maximum Gasteiger partial charge on any atom is 0.252 e. The molecule has 20 heavy (non-hydrogen) atoms.